The number of nitrogens with two attached hydrogens (primary N) is 1. The summed E-state index contributed by atoms with van der Waals surface area (Å²) in [4.78, 5) is 5.23. The maximum atomic E-state index is 10.3. The summed E-state index contributed by atoms with van der Waals surface area (Å²) in [6.07, 6.45) is 2.03. The van der Waals surface area contributed by atoms with Crippen molar-refractivity contribution in [1.29, 1.82) is 0 Å². The lowest BCUT2D eigenvalue weighted by Gasteiger charge is -2.25. The van der Waals surface area contributed by atoms with E-state index in [1.807, 2.05) is 12.1 Å². The minimum absolute atomic E-state index is 0.0791. The first-order chi connectivity index (χ1) is 13.6. The van der Waals surface area contributed by atoms with Gasteiger partial charge in [0.15, 0.2) is 23.0 Å². The maximum absolute atomic E-state index is 10.3. The number of fused-ring (bicyclic) bond motifs is 1. The molecule has 0 amide bonds. The molecule has 0 saturated carbocycles. The Morgan fingerprint density at radius 1 is 0.929 bits per heavy atom. The van der Waals surface area contributed by atoms with Crippen molar-refractivity contribution < 1.29 is 28.9 Å². The second-order valence-corrected chi connectivity index (χ2v) is 6.73. The molecule has 2 aromatic carbocycles. The highest BCUT2D eigenvalue weighted by Crippen LogP contribution is 2.50. The lowest BCUT2D eigenvalue weighted by atomic mass is 9.85. The molecule has 1 aliphatic carbocycles. The highest BCUT2D eigenvalue weighted by molar-refractivity contribution is 5.62. The van der Waals surface area contributed by atoms with Crippen LogP contribution < -0.4 is 24.8 Å². The van der Waals surface area contributed by atoms with Crippen molar-refractivity contribution in [2.75, 3.05) is 28.4 Å². The third-order valence-corrected chi connectivity index (χ3v) is 5.33. The molecule has 2 atom stereocenters. The Bertz CT molecular complexity index is 838. The van der Waals surface area contributed by atoms with Crippen LogP contribution in [0.4, 0.5) is 0 Å². The van der Waals surface area contributed by atoms with Crippen LogP contribution in [0.2, 0.25) is 0 Å². The minimum Gasteiger partial charge on any atom is -0.504 e. The van der Waals surface area contributed by atoms with E-state index in [9.17, 15) is 5.11 Å². The van der Waals surface area contributed by atoms with E-state index in [1.54, 1.807) is 33.5 Å². The Balaban J connectivity index is 2.23. The van der Waals surface area contributed by atoms with Crippen molar-refractivity contribution in [2.45, 2.75) is 31.3 Å². The Morgan fingerprint density at radius 2 is 1.64 bits per heavy atom. The first kappa shape index (κ1) is 20.1. The quantitative estimate of drug-likeness (QED) is 0.579. The van der Waals surface area contributed by atoms with E-state index in [4.69, 9.17) is 29.7 Å². The van der Waals surface area contributed by atoms with E-state index in [2.05, 4.69) is 0 Å². The molecule has 0 aliphatic heterocycles. The van der Waals surface area contributed by atoms with E-state index < -0.39 is 0 Å². The largest absolute Gasteiger partial charge is 0.504 e. The topological polar surface area (TPSA) is 92.4 Å². The summed E-state index contributed by atoms with van der Waals surface area (Å²) in [6, 6.07) is 7.37. The smallest absolute Gasteiger partial charge is 0.203 e. The van der Waals surface area contributed by atoms with Gasteiger partial charge in [-0.3, -0.25) is 0 Å². The van der Waals surface area contributed by atoms with E-state index in [1.165, 1.54) is 7.11 Å². The van der Waals surface area contributed by atoms with E-state index >= 15 is 0 Å². The second-order valence-electron chi connectivity index (χ2n) is 6.73. The molecule has 0 fully saturated rings. The number of hydrogen-bond acceptors (Lipinski definition) is 7. The van der Waals surface area contributed by atoms with Crippen LogP contribution in [0.3, 0.4) is 0 Å². The predicted octanol–water partition coefficient (Wildman–Crippen LogP) is 3.15. The lowest BCUT2D eigenvalue weighted by molar-refractivity contribution is 0.0408. The van der Waals surface area contributed by atoms with Gasteiger partial charge >= 0.3 is 0 Å². The van der Waals surface area contributed by atoms with Gasteiger partial charge in [-0.25, -0.2) is 5.90 Å². The Labute approximate surface area is 164 Å². The number of phenols is 1. The van der Waals surface area contributed by atoms with Crippen molar-refractivity contribution in [1.82, 2.24) is 0 Å². The monoisotopic (exact) mass is 389 g/mol. The van der Waals surface area contributed by atoms with Gasteiger partial charge in [-0.05, 0) is 48.6 Å². The molecule has 0 heterocycles. The molecule has 0 aromatic heterocycles. The summed E-state index contributed by atoms with van der Waals surface area (Å²) in [6.45, 7) is 0. The molecule has 2 unspecified atom stereocenters. The molecular formula is C21H27NO6. The molecule has 152 valence electrons. The highest BCUT2D eigenvalue weighted by Gasteiger charge is 2.32. The zero-order chi connectivity index (χ0) is 20.3. The fraction of sp³-hybridized carbons (Fsp3) is 0.429. The zero-order valence-electron chi connectivity index (χ0n) is 16.7. The van der Waals surface area contributed by atoms with E-state index in [-0.39, 0.29) is 17.8 Å². The molecule has 28 heavy (non-hydrogen) atoms. The standard InChI is InChI=1S/C21H27NO6/c1-24-17-8-6-12(9-16(17)23)15-11-14(28-22)7-5-13-10-18(25-2)20(26-3)21(27-4)19(13)15/h6,8-10,14-15,23H,5,7,11,22H2,1-4H3. The van der Waals surface area contributed by atoms with E-state index in [0.717, 1.165) is 29.5 Å². The molecule has 3 N–H and O–H groups in total. The Kier molecular flexibility index (Phi) is 6.16. The Morgan fingerprint density at radius 3 is 2.21 bits per heavy atom. The molecule has 0 spiro atoms. The fourth-order valence-electron chi connectivity index (χ4n) is 3.98. The van der Waals surface area contributed by atoms with Gasteiger partial charge in [0, 0.05) is 11.5 Å². The summed E-state index contributed by atoms with van der Waals surface area (Å²) in [7, 11) is 6.32. The van der Waals surface area contributed by atoms with Gasteiger partial charge in [0.25, 0.3) is 0 Å². The van der Waals surface area contributed by atoms with Crippen molar-refractivity contribution >= 4 is 0 Å². The van der Waals surface area contributed by atoms with Crippen molar-refractivity contribution in [3.8, 4) is 28.7 Å². The van der Waals surface area contributed by atoms with Crippen molar-refractivity contribution in [2.24, 2.45) is 5.90 Å². The summed E-state index contributed by atoms with van der Waals surface area (Å²) >= 11 is 0. The molecular weight excluding hydrogens is 362 g/mol. The summed E-state index contributed by atoms with van der Waals surface area (Å²) < 4.78 is 22.0. The maximum Gasteiger partial charge on any atom is 0.203 e. The van der Waals surface area contributed by atoms with Crippen molar-refractivity contribution in [3.05, 3.63) is 41.0 Å². The third kappa shape index (κ3) is 3.55. The summed E-state index contributed by atoms with van der Waals surface area (Å²) in [5.41, 5.74) is 2.98. The van der Waals surface area contributed by atoms with Crippen molar-refractivity contribution in [3.63, 3.8) is 0 Å². The molecule has 1 aliphatic rings. The van der Waals surface area contributed by atoms with Gasteiger partial charge in [-0.2, -0.15) is 0 Å². The van der Waals surface area contributed by atoms with Crippen LogP contribution in [0, 0.1) is 0 Å². The number of aryl methyl sites for hydroxylation is 1. The first-order valence-corrected chi connectivity index (χ1v) is 9.12. The predicted molar refractivity (Wildman–Crippen MR) is 105 cm³/mol. The SMILES string of the molecule is COc1ccc(C2CC(ON)CCc3cc(OC)c(OC)c(OC)c32)cc1O. The molecule has 0 radical (unpaired) electrons. The van der Waals surface area contributed by atoms with Gasteiger partial charge in [0.1, 0.15) is 0 Å². The minimum atomic E-state index is -0.136. The molecule has 0 saturated heterocycles. The number of benzene rings is 2. The van der Waals surface area contributed by atoms with Gasteiger partial charge in [0.2, 0.25) is 5.75 Å². The molecule has 7 nitrogen and oxygen atoms in total. The normalized spacial score (nSPS) is 18.8. The molecule has 2 aromatic rings. The van der Waals surface area contributed by atoms with Gasteiger partial charge < -0.3 is 28.9 Å². The van der Waals surface area contributed by atoms with Crippen LogP contribution in [-0.2, 0) is 11.3 Å². The van der Waals surface area contributed by atoms with Gasteiger partial charge in [-0.1, -0.05) is 6.07 Å². The number of methoxy groups -OCH3 is 4. The van der Waals surface area contributed by atoms with E-state index in [0.29, 0.717) is 29.4 Å². The number of aromatic hydroxyl groups is 1. The summed E-state index contributed by atoms with van der Waals surface area (Å²) in [5.74, 6) is 7.71. The first-order valence-electron chi connectivity index (χ1n) is 9.12. The average Bonchev–Trinajstić information content (AvgIpc) is 2.91. The van der Waals surface area contributed by atoms with Crippen LogP contribution in [0.1, 0.15) is 35.4 Å². The number of phenolic OH excluding ortho intramolecular Hbond substituents is 1. The molecule has 3 rings (SSSR count). The molecule has 0 bridgehead atoms. The number of hydrogen-bond donors (Lipinski definition) is 2. The summed E-state index contributed by atoms with van der Waals surface area (Å²) in [5, 5.41) is 10.3. The lowest BCUT2D eigenvalue weighted by Crippen LogP contribution is -2.19. The number of rotatable bonds is 6. The Hall–Kier alpha value is -2.64. The van der Waals surface area contributed by atoms with Crippen LogP contribution in [0.25, 0.3) is 0 Å². The fourth-order valence-corrected chi connectivity index (χ4v) is 3.98. The second kappa shape index (κ2) is 8.58. The van der Waals surface area contributed by atoms with Crippen LogP contribution in [0.5, 0.6) is 28.7 Å². The molecule has 7 heteroatoms. The van der Waals surface area contributed by atoms with Gasteiger partial charge in [-0.15, -0.1) is 0 Å². The van der Waals surface area contributed by atoms with Gasteiger partial charge in [0.05, 0.1) is 34.5 Å². The third-order valence-electron chi connectivity index (χ3n) is 5.33. The highest BCUT2D eigenvalue weighted by atomic mass is 16.6. The average molecular weight is 389 g/mol. The van der Waals surface area contributed by atoms with Crippen LogP contribution >= 0.6 is 0 Å². The zero-order valence-corrected chi connectivity index (χ0v) is 16.7. The van der Waals surface area contributed by atoms with Crippen LogP contribution in [-0.4, -0.2) is 39.6 Å². The number of ether oxygens (including phenoxy) is 4. The van der Waals surface area contributed by atoms with Crippen LogP contribution in [0.15, 0.2) is 24.3 Å².